The number of ether oxygens (including phenoxy) is 1. The molecule has 5 aromatic rings. The molecule has 0 aliphatic carbocycles. The van der Waals surface area contributed by atoms with Crippen LogP contribution in [-0.4, -0.2) is 39.3 Å². The summed E-state index contributed by atoms with van der Waals surface area (Å²) in [5.41, 5.74) is 9.94. The van der Waals surface area contributed by atoms with Gasteiger partial charge >= 0.3 is 6.09 Å². The van der Waals surface area contributed by atoms with Gasteiger partial charge in [-0.15, -0.1) is 0 Å². The molecule has 1 aromatic heterocycles. The van der Waals surface area contributed by atoms with Crippen molar-refractivity contribution in [2.75, 3.05) is 11.1 Å². The molecule has 52 heavy (non-hydrogen) atoms. The van der Waals surface area contributed by atoms with Crippen molar-refractivity contribution in [3.05, 3.63) is 147 Å². The smallest absolute Gasteiger partial charge is 0.413 e. The Hall–Kier alpha value is -6.76. The number of carbonyl (C=O) groups is 3. The summed E-state index contributed by atoms with van der Waals surface area (Å²) in [5.74, 6) is -0.862. The molecule has 0 bridgehead atoms. The third-order valence-corrected chi connectivity index (χ3v) is 7.76. The quantitative estimate of drug-likeness (QED) is 0.0572. The Labute approximate surface area is 300 Å². The Morgan fingerprint density at radius 3 is 2.13 bits per heavy atom. The summed E-state index contributed by atoms with van der Waals surface area (Å²) in [6, 6.07) is 30.1. The fraction of sp³-hybridized carbons (Fsp3) is 0.179. The number of rotatable bonds is 13. The van der Waals surface area contributed by atoms with Gasteiger partial charge in [0.05, 0.1) is 11.9 Å². The molecule has 0 fully saturated rings. The topological polar surface area (TPSA) is 193 Å². The highest BCUT2D eigenvalue weighted by molar-refractivity contribution is 6.04. The molecule has 0 unspecified atom stereocenters. The predicted molar refractivity (Wildman–Crippen MR) is 200 cm³/mol. The average molecular weight is 701 g/mol. The van der Waals surface area contributed by atoms with Crippen LogP contribution in [0.15, 0.2) is 114 Å². The van der Waals surface area contributed by atoms with Crippen molar-refractivity contribution in [3.63, 3.8) is 0 Å². The zero-order valence-electron chi connectivity index (χ0n) is 28.8. The molecule has 266 valence electrons. The van der Waals surface area contributed by atoms with Crippen molar-refractivity contribution in [3.8, 4) is 11.3 Å². The van der Waals surface area contributed by atoms with Crippen LogP contribution in [0.25, 0.3) is 11.3 Å². The number of hydrogen-bond acceptors (Lipinski definition) is 9. The van der Waals surface area contributed by atoms with Crippen LogP contribution in [-0.2, 0) is 35.8 Å². The van der Waals surface area contributed by atoms with Gasteiger partial charge in [0.2, 0.25) is 5.91 Å². The number of amidine groups is 1. The highest BCUT2D eigenvalue weighted by Crippen LogP contribution is 2.24. The maximum Gasteiger partial charge on any atom is 0.413 e. The monoisotopic (exact) mass is 700 g/mol. The first-order valence-electron chi connectivity index (χ1n) is 16.6. The molecular formula is C39H40N8O5. The van der Waals surface area contributed by atoms with E-state index in [0.717, 1.165) is 16.7 Å². The van der Waals surface area contributed by atoms with Crippen molar-refractivity contribution in [2.45, 2.75) is 46.1 Å². The van der Waals surface area contributed by atoms with Crippen LogP contribution in [0.4, 0.5) is 16.3 Å². The van der Waals surface area contributed by atoms with Gasteiger partial charge in [0, 0.05) is 41.5 Å². The lowest BCUT2D eigenvalue weighted by Crippen LogP contribution is -2.35. The molecule has 0 radical (unpaired) electrons. The Morgan fingerprint density at radius 2 is 1.46 bits per heavy atom. The van der Waals surface area contributed by atoms with E-state index >= 15 is 0 Å². The van der Waals surface area contributed by atoms with Gasteiger partial charge in [-0.1, -0.05) is 84.9 Å². The molecule has 0 saturated heterocycles. The second kappa shape index (κ2) is 17.3. The fourth-order valence-corrected chi connectivity index (χ4v) is 5.18. The number of alkyl carbamates (subject to hydrolysis) is 1. The number of nitrogens with zero attached hydrogens (tertiary/aromatic N) is 2. The van der Waals surface area contributed by atoms with Gasteiger partial charge in [-0.05, 0) is 48.7 Å². The van der Waals surface area contributed by atoms with Crippen LogP contribution in [0.2, 0.25) is 0 Å². The number of nitrogens with two attached hydrogens (primary N) is 1. The lowest BCUT2D eigenvalue weighted by atomic mass is 10.1. The van der Waals surface area contributed by atoms with E-state index in [1.165, 1.54) is 10.8 Å². The van der Waals surface area contributed by atoms with Crippen LogP contribution in [0.3, 0.4) is 0 Å². The number of aromatic nitrogens is 2. The lowest BCUT2D eigenvalue weighted by Gasteiger charge is -2.17. The van der Waals surface area contributed by atoms with E-state index < -0.39 is 17.6 Å². The van der Waals surface area contributed by atoms with Gasteiger partial charge in [0.25, 0.3) is 11.5 Å². The third kappa shape index (κ3) is 10.1. The van der Waals surface area contributed by atoms with Crippen molar-refractivity contribution in [1.82, 2.24) is 25.5 Å². The van der Waals surface area contributed by atoms with Crippen molar-refractivity contribution < 1.29 is 19.1 Å². The Kier molecular flexibility index (Phi) is 12.1. The molecule has 1 heterocycles. The molecule has 0 atom stereocenters. The molecule has 0 saturated carbocycles. The SMILES string of the molecule is CC(C)Nc1ncc(-c2cc(N)cc(C(=O)NCc3ccccc3)c2)n(CC(=O)NCc2ccc(C(=N)NC(=O)OCc3ccccc3)cc2)c1=O. The largest absolute Gasteiger partial charge is 0.444 e. The number of hydrogen-bond donors (Lipinski definition) is 6. The zero-order valence-corrected chi connectivity index (χ0v) is 28.8. The van der Waals surface area contributed by atoms with Crippen molar-refractivity contribution in [1.29, 1.82) is 5.41 Å². The Morgan fingerprint density at radius 1 is 0.827 bits per heavy atom. The molecular weight excluding hydrogens is 660 g/mol. The molecule has 0 aliphatic rings. The number of carbonyl (C=O) groups excluding carboxylic acids is 3. The minimum Gasteiger partial charge on any atom is -0.444 e. The van der Waals surface area contributed by atoms with Crippen LogP contribution >= 0.6 is 0 Å². The molecule has 0 spiro atoms. The summed E-state index contributed by atoms with van der Waals surface area (Å²) in [6.45, 7) is 3.92. The summed E-state index contributed by atoms with van der Waals surface area (Å²) in [4.78, 5) is 56.5. The van der Waals surface area contributed by atoms with E-state index in [1.54, 1.807) is 42.5 Å². The van der Waals surface area contributed by atoms with Crippen LogP contribution in [0, 0.1) is 5.41 Å². The minimum absolute atomic E-state index is 0.0758. The Balaban J connectivity index is 1.25. The van der Waals surface area contributed by atoms with Gasteiger partial charge in [-0.25, -0.2) is 9.78 Å². The van der Waals surface area contributed by atoms with Gasteiger partial charge in [0.15, 0.2) is 5.82 Å². The summed E-state index contributed by atoms with van der Waals surface area (Å²) in [6.07, 6.45) is 0.724. The average Bonchev–Trinajstić information content (AvgIpc) is 3.14. The molecule has 13 heteroatoms. The summed E-state index contributed by atoms with van der Waals surface area (Å²) < 4.78 is 6.47. The van der Waals surface area contributed by atoms with Crippen molar-refractivity contribution in [2.24, 2.45) is 0 Å². The van der Waals surface area contributed by atoms with Gasteiger partial charge < -0.3 is 26.4 Å². The first kappa shape index (κ1) is 36.5. The molecule has 13 nitrogen and oxygen atoms in total. The normalized spacial score (nSPS) is 10.7. The number of benzene rings is 4. The summed E-state index contributed by atoms with van der Waals surface area (Å²) in [5, 5.41) is 19.4. The molecule has 7 N–H and O–H groups in total. The maximum absolute atomic E-state index is 13.7. The predicted octanol–water partition coefficient (Wildman–Crippen LogP) is 4.81. The summed E-state index contributed by atoms with van der Waals surface area (Å²) in [7, 11) is 0. The first-order chi connectivity index (χ1) is 25.0. The minimum atomic E-state index is -0.747. The number of nitrogens with one attached hydrogen (secondary N) is 5. The van der Waals surface area contributed by atoms with E-state index in [4.69, 9.17) is 15.9 Å². The fourth-order valence-electron chi connectivity index (χ4n) is 5.18. The van der Waals surface area contributed by atoms with E-state index in [-0.39, 0.29) is 48.9 Å². The van der Waals surface area contributed by atoms with E-state index in [0.29, 0.717) is 29.1 Å². The van der Waals surface area contributed by atoms with Crippen LogP contribution in [0.5, 0.6) is 0 Å². The number of amides is 3. The molecule has 0 aliphatic heterocycles. The van der Waals surface area contributed by atoms with E-state index in [9.17, 15) is 19.2 Å². The first-order valence-corrected chi connectivity index (χ1v) is 16.6. The highest BCUT2D eigenvalue weighted by atomic mass is 16.5. The van der Waals surface area contributed by atoms with Gasteiger partial charge in [-0.2, -0.15) is 0 Å². The lowest BCUT2D eigenvalue weighted by molar-refractivity contribution is -0.121. The molecule has 5 rings (SSSR count). The second-order valence-electron chi connectivity index (χ2n) is 12.2. The second-order valence-corrected chi connectivity index (χ2v) is 12.2. The molecule has 3 amide bonds. The third-order valence-electron chi connectivity index (χ3n) is 7.76. The van der Waals surface area contributed by atoms with Gasteiger partial charge in [-0.3, -0.25) is 29.7 Å². The summed E-state index contributed by atoms with van der Waals surface area (Å²) >= 11 is 0. The van der Waals surface area contributed by atoms with Crippen LogP contribution in [0.1, 0.15) is 46.5 Å². The molecule has 4 aromatic carbocycles. The highest BCUT2D eigenvalue weighted by Gasteiger charge is 2.18. The number of anilines is 2. The zero-order chi connectivity index (χ0) is 37.0. The standard InChI is InChI=1S/C39H40N8O5/c1-25(2)45-36-38(50)47(33(22-43-36)30-17-31(19-32(40)18-30)37(49)44-21-26-9-5-3-6-10-26)23-34(48)42-20-27-13-15-29(16-14-27)35(41)46-39(51)52-24-28-11-7-4-8-12-28/h3-19,22,25H,20-21,23-24,40H2,1-2H3,(H,42,48)(H,43,45)(H,44,49)(H2,41,46,51). The maximum atomic E-state index is 13.7. The van der Waals surface area contributed by atoms with E-state index in [2.05, 4.69) is 26.3 Å². The Bertz CT molecular complexity index is 2100. The van der Waals surface area contributed by atoms with Crippen molar-refractivity contribution >= 4 is 35.2 Å². The van der Waals surface area contributed by atoms with Gasteiger partial charge in [0.1, 0.15) is 19.0 Å². The van der Waals surface area contributed by atoms with Crippen LogP contribution < -0.4 is 32.6 Å². The van der Waals surface area contributed by atoms with E-state index in [1.807, 2.05) is 74.5 Å². The number of nitrogen functional groups attached to an aromatic ring is 1.